The van der Waals surface area contributed by atoms with Crippen LogP contribution in [-0.2, 0) is 0 Å². The molecule has 1 saturated heterocycles. The van der Waals surface area contributed by atoms with Gasteiger partial charge in [0.25, 0.3) is 0 Å². The Morgan fingerprint density at radius 2 is 1.79 bits per heavy atom. The van der Waals surface area contributed by atoms with Crippen LogP contribution in [0.25, 0.3) is 11.3 Å². The highest BCUT2D eigenvalue weighted by Gasteiger charge is 2.20. The molecule has 34 heavy (non-hydrogen) atoms. The van der Waals surface area contributed by atoms with Crippen molar-refractivity contribution in [1.82, 2.24) is 15.3 Å². The van der Waals surface area contributed by atoms with Crippen LogP contribution in [0.2, 0.25) is 0 Å². The monoisotopic (exact) mass is 481 g/mol. The molecule has 180 valence electrons. The molecule has 2 aromatic heterocycles. The van der Waals surface area contributed by atoms with E-state index in [1.165, 1.54) is 6.07 Å². The van der Waals surface area contributed by atoms with Gasteiger partial charge in [-0.3, -0.25) is 10.1 Å². The molecule has 2 N–H and O–H groups in total. The lowest BCUT2D eigenvalue weighted by atomic mass is 10.1. The minimum atomic E-state index is -0.402. The van der Waals surface area contributed by atoms with Crippen LogP contribution in [-0.4, -0.2) is 54.2 Å². The van der Waals surface area contributed by atoms with Crippen molar-refractivity contribution in [3.05, 3.63) is 51.9 Å². The zero-order valence-electron chi connectivity index (χ0n) is 19.7. The summed E-state index contributed by atoms with van der Waals surface area (Å²) in [5.74, 6) is 0.990. The minimum absolute atomic E-state index is 0.0426. The molecular weight excluding hydrogens is 450 g/mol. The van der Waals surface area contributed by atoms with Gasteiger partial charge in [-0.1, -0.05) is 26.0 Å². The molecule has 0 amide bonds. The number of aromatic nitrogens is 2. The summed E-state index contributed by atoms with van der Waals surface area (Å²) >= 11 is 1.66. The van der Waals surface area contributed by atoms with Gasteiger partial charge < -0.3 is 20.4 Å². The van der Waals surface area contributed by atoms with Crippen molar-refractivity contribution < 1.29 is 4.92 Å². The minimum Gasteiger partial charge on any atom is -0.354 e. The van der Waals surface area contributed by atoms with E-state index in [2.05, 4.69) is 44.6 Å². The Morgan fingerprint density at radius 3 is 2.44 bits per heavy atom. The summed E-state index contributed by atoms with van der Waals surface area (Å²) in [6, 6.07) is 11.0. The molecule has 1 aliphatic heterocycles. The zero-order valence-corrected chi connectivity index (χ0v) is 20.5. The summed E-state index contributed by atoms with van der Waals surface area (Å²) in [6.07, 6.45) is 2.18. The predicted octanol–water partition coefficient (Wildman–Crippen LogP) is 4.89. The smallest absolute Gasteiger partial charge is 0.311 e. The number of hydrogen-bond acceptors (Lipinski definition) is 9. The van der Waals surface area contributed by atoms with Crippen LogP contribution in [0.4, 0.5) is 28.1 Å². The van der Waals surface area contributed by atoms with Gasteiger partial charge in [0.2, 0.25) is 5.82 Å². The number of benzene rings is 1. The number of thiazole rings is 1. The third-order valence-corrected chi connectivity index (χ3v) is 6.59. The maximum absolute atomic E-state index is 11.6. The fraction of sp³-hybridized carbons (Fsp3) is 0.417. The first kappa shape index (κ1) is 23.9. The lowest BCUT2D eigenvalue weighted by Gasteiger charge is -2.28. The van der Waals surface area contributed by atoms with Gasteiger partial charge in [0.15, 0.2) is 5.13 Å². The molecule has 3 aromatic rings. The average Bonchev–Trinajstić information content (AvgIpc) is 3.35. The molecule has 0 atom stereocenters. The molecular formula is C24H31N7O2S. The first-order chi connectivity index (χ1) is 16.6. The molecule has 0 radical (unpaired) electrons. The number of anilines is 4. The van der Waals surface area contributed by atoms with Crippen molar-refractivity contribution in [1.29, 1.82) is 0 Å². The molecule has 9 nitrogen and oxygen atoms in total. The fourth-order valence-electron chi connectivity index (χ4n) is 4.00. The first-order valence-corrected chi connectivity index (χ1v) is 12.7. The second kappa shape index (κ2) is 11.3. The number of nitrogens with one attached hydrogen (secondary N) is 2. The summed E-state index contributed by atoms with van der Waals surface area (Å²) < 4.78 is 0. The third kappa shape index (κ3) is 5.63. The van der Waals surface area contributed by atoms with Crippen LogP contribution < -0.4 is 20.4 Å². The summed E-state index contributed by atoms with van der Waals surface area (Å²) in [4.78, 5) is 25.1. The predicted molar refractivity (Wildman–Crippen MR) is 140 cm³/mol. The van der Waals surface area contributed by atoms with Crippen LogP contribution in [0, 0.1) is 10.1 Å². The molecule has 4 rings (SSSR count). The normalized spacial score (nSPS) is 13.6. The van der Waals surface area contributed by atoms with Gasteiger partial charge in [0, 0.05) is 62.0 Å². The lowest BCUT2D eigenvalue weighted by molar-refractivity contribution is -0.384. The summed E-state index contributed by atoms with van der Waals surface area (Å²) in [7, 11) is 0. The number of hydrogen-bond donors (Lipinski definition) is 2. The molecule has 1 aliphatic rings. The quantitative estimate of drug-likeness (QED) is 0.312. The van der Waals surface area contributed by atoms with Crippen molar-refractivity contribution in [2.45, 2.75) is 26.7 Å². The molecule has 10 heteroatoms. The fourth-order valence-corrected chi connectivity index (χ4v) is 4.89. The molecule has 1 aromatic carbocycles. The highest BCUT2D eigenvalue weighted by Crippen LogP contribution is 2.31. The van der Waals surface area contributed by atoms with Crippen molar-refractivity contribution >= 4 is 39.5 Å². The van der Waals surface area contributed by atoms with E-state index >= 15 is 0 Å². The Kier molecular flexibility index (Phi) is 7.91. The van der Waals surface area contributed by atoms with E-state index in [0.29, 0.717) is 0 Å². The Labute approximate surface area is 204 Å². The standard InChI is InChI=1S/C24H31N7O2S/c1-3-13-30(14-4-2)24-27-20(17-34-24)18-5-7-19(8-6-18)26-23-21(31(32)33)9-10-22(28-23)29-15-11-25-12-16-29/h5-10,17,25H,3-4,11-16H2,1-2H3,(H,26,28). The van der Waals surface area contributed by atoms with E-state index in [0.717, 1.165) is 80.0 Å². The van der Waals surface area contributed by atoms with Gasteiger partial charge in [-0.25, -0.2) is 9.97 Å². The molecule has 1 fully saturated rings. The molecule has 0 unspecified atom stereocenters. The van der Waals surface area contributed by atoms with Gasteiger partial charge >= 0.3 is 5.69 Å². The second-order valence-corrected chi connectivity index (χ2v) is 9.07. The number of pyridine rings is 1. The van der Waals surface area contributed by atoms with Crippen LogP contribution in [0.3, 0.4) is 0 Å². The Balaban J connectivity index is 1.52. The van der Waals surface area contributed by atoms with Gasteiger partial charge in [-0.2, -0.15) is 0 Å². The second-order valence-electron chi connectivity index (χ2n) is 8.24. The van der Waals surface area contributed by atoms with Crippen LogP contribution >= 0.6 is 11.3 Å². The van der Waals surface area contributed by atoms with Crippen molar-refractivity contribution in [2.24, 2.45) is 0 Å². The van der Waals surface area contributed by atoms with Gasteiger partial charge in [0.05, 0.1) is 10.6 Å². The summed E-state index contributed by atoms with van der Waals surface area (Å²) in [5.41, 5.74) is 2.65. The van der Waals surface area contributed by atoms with Gasteiger partial charge in [-0.05, 0) is 31.0 Å². The SMILES string of the molecule is CCCN(CCC)c1nc(-c2ccc(Nc3nc(N4CCNCC4)ccc3[N+](=O)[O-])cc2)cs1. The summed E-state index contributed by atoms with van der Waals surface area (Å²) in [6.45, 7) is 9.75. The van der Waals surface area contributed by atoms with Gasteiger partial charge in [0.1, 0.15) is 5.82 Å². The van der Waals surface area contributed by atoms with E-state index in [1.54, 1.807) is 17.4 Å². The summed E-state index contributed by atoms with van der Waals surface area (Å²) in [5, 5.41) is 21.2. The Hall–Kier alpha value is -3.24. The van der Waals surface area contributed by atoms with Gasteiger partial charge in [-0.15, -0.1) is 11.3 Å². The lowest BCUT2D eigenvalue weighted by Crippen LogP contribution is -2.43. The highest BCUT2D eigenvalue weighted by atomic mass is 32.1. The topological polar surface area (TPSA) is 99.5 Å². The Bertz CT molecular complexity index is 1090. The number of nitro groups is 1. The molecule has 0 bridgehead atoms. The van der Waals surface area contributed by atoms with E-state index in [4.69, 9.17) is 4.98 Å². The molecule has 0 spiro atoms. The molecule has 3 heterocycles. The number of rotatable bonds is 10. The molecule has 0 aliphatic carbocycles. The van der Waals surface area contributed by atoms with E-state index < -0.39 is 4.92 Å². The van der Waals surface area contributed by atoms with E-state index in [-0.39, 0.29) is 11.5 Å². The third-order valence-electron chi connectivity index (χ3n) is 5.69. The van der Waals surface area contributed by atoms with Crippen LogP contribution in [0.5, 0.6) is 0 Å². The largest absolute Gasteiger partial charge is 0.354 e. The maximum atomic E-state index is 11.6. The highest BCUT2D eigenvalue weighted by molar-refractivity contribution is 7.14. The average molecular weight is 482 g/mol. The Morgan fingerprint density at radius 1 is 1.09 bits per heavy atom. The van der Waals surface area contributed by atoms with Crippen molar-refractivity contribution in [3.63, 3.8) is 0 Å². The number of piperazine rings is 1. The van der Waals surface area contributed by atoms with E-state index in [1.807, 2.05) is 24.3 Å². The number of nitrogens with zero attached hydrogens (tertiary/aromatic N) is 5. The van der Waals surface area contributed by atoms with Crippen LogP contribution in [0.1, 0.15) is 26.7 Å². The molecule has 0 saturated carbocycles. The first-order valence-electron chi connectivity index (χ1n) is 11.8. The van der Waals surface area contributed by atoms with Crippen LogP contribution in [0.15, 0.2) is 41.8 Å². The van der Waals surface area contributed by atoms with Crippen molar-refractivity contribution in [3.8, 4) is 11.3 Å². The zero-order chi connectivity index (χ0) is 23.9. The van der Waals surface area contributed by atoms with Crippen molar-refractivity contribution in [2.75, 3.05) is 54.4 Å². The maximum Gasteiger partial charge on any atom is 0.311 e. The van der Waals surface area contributed by atoms with E-state index in [9.17, 15) is 10.1 Å².